The molecule has 0 aromatic heterocycles. The monoisotopic (exact) mass is 402 g/mol. The zero-order valence-corrected chi connectivity index (χ0v) is 15.4. The lowest BCUT2D eigenvalue weighted by Gasteiger charge is -2.09. The summed E-state index contributed by atoms with van der Waals surface area (Å²) >= 11 is 0. The summed E-state index contributed by atoms with van der Waals surface area (Å²) in [5.41, 5.74) is 1.18. The largest absolute Gasteiger partial charge is 0.545 e. The van der Waals surface area contributed by atoms with Gasteiger partial charge in [-0.15, -0.1) is 0 Å². The van der Waals surface area contributed by atoms with Crippen LogP contribution >= 0.6 is 0 Å². The molecular weight excluding hydrogens is 388 g/mol. The number of aromatic carboxylic acids is 2. The highest BCUT2D eigenvalue weighted by atomic mass is 16.4. The van der Waals surface area contributed by atoms with Gasteiger partial charge in [0.05, 0.1) is 11.9 Å². The van der Waals surface area contributed by atoms with E-state index < -0.39 is 23.8 Å². The first-order valence-corrected chi connectivity index (χ1v) is 8.69. The Morgan fingerprint density at radius 3 is 1.23 bits per heavy atom. The average molecular weight is 402 g/mol. The molecule has 3 aromatic carbocycles. The van der Waals surface area contributed by atoms with E-state index in [0.717, 1.165) is 0 Å². The van der Waals surface area contributed by atoms with Crippen LogP contribution in [0.15, 0.2) is 72.8 Å². The highest BCUT2D eigenvalue weighted by Crippen LogP contribution is 2.14. The van der Waals surface area contributed by atoms with E-state index in [1.165, 1.54) is 66.7 Å². The molecule has 0 saturated heterocycles. The van der Waals surface area contributed by atoms with E-state index in [9.17, 15) is 29.4 Å². The normalized spacial score (nSPS) is 10.1. The minimum Gasteiger partial charge on any atom is -0.545 e. The third-order valence-electron chi connectivity index (χ3n) is 4.14. The van der Waals surface area contributed by atoms with E-state index in [-0.39, 0.29) is 22.3 Å². The fourth-order valence-corrected chi connectivity index (χ4v) is 2.59. The summed E-state index contributed by atoms with van der Waals surface area (Å²) in [4.78, 5) is 46.4. The summed E-state index contributed by atoms with van der Waals surface area (Å²) in [6.07, 6.45) is 0. The second kappa shape index (κ2) is 8.70. The van der Waals surface area contributed by atoms with E-state index in [1.807, 2.05) is 0 Å². The number of carbonyl (C=O) groups excluding carboxylic acids is 4. The molecule has 30 heavy (non-hydrogen) atoms. The van der Waals surface area contributed by atoms with Crippen molar-refractivity contribution in [3.63, 3.8) is 0 Å². The number of anilines is 2. The number of benzene rings is 3. The molecular formula is C22H14N2O6-2. The number of carboxylic acid groups (broad SMARTS) is 2. The van der Waals surface area contributed by atoms with Crippen molar-refractivity contribution in [1.82, 2.24) is 0 Å². The maximum Gasteiger partial charge on any atom is 0.255 e. The van der Waals surface area contributed by atoms with Crippen LogP contribution in [0, 0.1) is 0 Å². The van der Waals surface area contributed by atoms with Crippen LogP contribution in [0.3, 0.4) is 0 Å². The zero-order chi connectivity index (χ0) is 21.7. The average Bonchev–Trinajstić information content (AvgIpc) is 2.74. The van der Waals surface area contributed by atoms with Crippen LogP contribution in [0.25, 0.3) is 0 Å². The Morgan fingerprint density at radius 2 is 0.900 bits per heavy atom. The van der Waals surface area contributed by atoms with Crippen molar-refractivity contribution in [2.75, 3.05) is 10.6 Å². The molecule has 0 atom stereocenters. The maximum atomic E-state index is 12.4. The Balaban J connectivity index is 1.69. The molecule has 0 aliphatic carbocycles. The molecule has 0 saturated carbocycles. The molecule has 8 nitrogen and oxygen atoms in total. The van der Waals surface area contributed by atoms with Crippen LogP contribution < -0.4 is 20.8 Å². The van der Waals surface area contributed by atoms with E-state index in [1.54, 1.807) is 6.07 Å². The van der Waals surface area contributed by atoms with Gasteiger partial charge in [0.15, 0.2) is 0 Å². The number of amides is 2. The van der Waals surface area contributed by atoms with Gasteiger partial charge in [0.2, 0.25) is 0 Å². The molecule has 3 rings (SSSR count). The molecule has 0 aliphatic rings. The Kier molecular flexibility index (Phi) is 5.88. The predicted molar refractivity (Wildman–Crippen MR) is 104 cm³/mol. The van der Waals surface area contributed by atoms with E-state index in [4.69, 9.17) is 0 Å². The molecule has 0 bridgehead atoms. The van der Waals surface area contributed by atoms with Gasteiger partial charge in [-0.3, -0.25) is 9.59 Å². The quantitative estimate of drug-likeness (QED) is 0.629. The van der Waals surface area contributed by atoms with Gasteiger partial charge >= 0.3 is 0 Å². The third-order valence-corrected chi connectivity index (χ3v) is 4.14. The van der Waals surface area contributed by atoms with Gasteiger partial charge in [-0.05, 0) is 53.6 Å². The van der Waals surface area contributed by atoms with Gasteiger partial charge in [-0.1, -0.05) is 30.3 Å². The van der Waals surface area contributed by atoms with Gasteiger partial charge in [-0.25, -0.2) is 0 Å². The van der Waals surface area contributed by atoms with Crippen LogP contribution in [0.5, 0.6) is 0 Å². The van der Waals surface area contributed by atoms with Gasteiger partial charge in [0.25, 0.3) is 11.8 Å². The molecule has 3 aromatic rings. The van der Waals surface area contributed by atoms with Crippen molar-refractivity contribution in [1.29, 1.82) is 0 Å². The van der Waals surface area contributed by atoms with E-state index >= 15 is 0 Å². The highest BCUT2D eigenvalue weighted by molar-refractivity contribution is 6.08. The summed E-state index contributed by atoms with van der Waals surface area (Å²) in [5, 5.41) is 26.8. The Bertz CT molecular complexity index is 1030. The Hall–Kier alpha value is -4.46. The number of carboxylic acids is 2. The fourth-order valence-electron chi connectivity index (χ4n) is 2.59. The zero-order valence-electron chi connectivity index (χ0n) is 15.4. The van der Waals surface area contributed by atoms with Crippen molar-refractivity contribution in [3.8, 4) is 0 Å². The van der Waals surface area contributed by atoms with Gasteiger partial charge < -0.3 is 30.4 Å². The molecule has 0 aliphatic heterocycles. The lowest BCUT2D eigenvalue weighted by atomic mass is 10.1. The number of nitrogens with one attached hydrogen (secondary N) is 2. The molecule has 2 N–H and O–H groups in total. The summed E-state index contributed by atoms with van der Waals surface area (Å²) < 4.78 is 0. The first-order chi connectivity index (χ1) is 14.3. The summed E-state index contributed by atoms with van der Waals surface area (Å²) in [5.74, 6) is -3.60. The molecule has 0 heterocycles. The van der Waals surface area contributed by atoms with Crippen LogP contribution in [0.1, 0.15) is 41.4 Å². The second-order valence-corrected chi connectivity index (χ2v) is 6.22. The topological polar surface area (TPSA) is 138 Å². The highest BCUT2D eigenvalue weighted by Gasteiger charge is 2.11. The van der Waals surface area contributed by atoms with Crippen molar-refractivity contribution in [3.05, 3.63) is 95.1 Å². The SMILES string of the molecule is O=C([O-])c1ccc(NC(=O)c2cccc(C(=O)Nc3ccc(C(=O)[O-])cc3)c2)cc1. The minimum atomic E-state index is -1.32. The first kappa shape index (κ1) is 20.3. The summed E-state index contributed by atoms with van der Waals surface area (Å²) in [7, 11) is 0. The van der Waals surface area contributed by atoms with Crippen LogP contribution in [-0.4, -0.2) is 23.8 Å². The number of rotatable bonds is 6. The van der Waals surface area contributed by atoms with Crippen molar-refractivity contribution < 1.29 is 29.4 Å². The van der Waals surface area contributed by atoms with Crippen molar-refractivity contribution >= 4 is 35.1 Å². The number of carbonyl (C=O) groups is 4. The number of hydrogen-bond donors (Lipinski definition) is 2. The van der Waals surface area contributed by atoms with Gasteiger partial charge in [-0.2, -0.15) is 0 Å². The minimum absolute atomic E-state index is 0.0145. The van der Waals surface area contributed by atoms with Crippen molar-refractivity contribution in [2.45, 2.75) is 0 Å². The predicted octanol–water partition coefficient (Wildman–Crippen LogP) is 0.918. The maximum absolute atomic E-state index is 12.4. The smallest absolute Gasteiger partial charge is 0.255 e. The molecule has 8 heteroatoms. The lowest BCUT2D eigenvalue weighted by molar-refractivity contribution is -0.256. The van der Waals surface area contributed by atoms with E-state index in [2.05, 4.69) is 10.6 Å². The van der Waals surface area contributed by atoms with Gasteiger partial charge in [0.1, 0.15) is 0 Å². The van der Waals surface area contributed by atoms with E-state index in [0.29, 0.717) is 11.4 Å². The summed E-state index contributed by atoms with van der Waals surface area (Å²) in [6, 6.07) is 16.9. The van der Waals surface area contributed by atoms with Gasteiger partial charge in [0, 0.05) is 22.5 Å². The molecule has 0 unspecified atom stereocenters. The van der Waals surface area contributed by atoms with Crippen LogP contribution in [0.4, 0.5) is 11.4 Å². The summed E-state index contributed by atoms with van der Waals surface area (Å²) in [6.45, 7) is 0. The Labute approximate surface area is 170 Å². The number of hydrogen-bond acceptors (Lipinski definition) is 6. The lowest BCUT2D eigenvalue weighted by Crippen LogP contribution is -2.22. The van der Waals surface area contributed by atoms with Crippen LogP contribution in [-0.2, 0) is 0 Å². The van der Waals surface area contributed by atoms with Crippen molar-refractivity contribution in [2.24, 2.45) is 0 Å². The third kappa shape index (κ3) is 4.87. The fraction of sp³-hybridized carbons (Fsp3) is 0. The standard InChI is InChI=1S/C22H16N2O6/c25-19(23-17-8-4-13(5-9-17)21(27)28)15-2-1-3-16(12-15)20(26)24-18-10-6-14(7-11-18)22(29)30/h1-12H,(H,23,25)(H,24,26)(H,27,28)(H,29,30)/p-2. The Morgan fingerprint density at radius 1 is 0.533 bits per heavy atom. The molecule has 2 amide bonds. The molecule has 0 spiro atoms. The second-order valence-electron chi connectivity index (χ2n) is 6.22. The van der Waals surface area contributed by atoms with Crippen LogP contribution in [0.2, 0.25) is 0 Å². The molecule has 150 valence electrons. The molecule has 0 radical (unpaired) electrons. The molecule has 0 fully saturated rings. The first-order valence-electron chi connectivity index (χ1n) is 8.69.